The first kappa shape index (κ1) is 9.66. The van der Waals surface area contributed by atoms with Crippen molar-refractivity contribution in [3.05, 3.63) is 35.9 Å². The molecule has 0 aromatic heterocycles. The predicted octanol–water partition coefficient (Wildman–Crippen LogP) is 2.62. The monoisotopic (exact) mass is 193 g/mol. The van der Waals surface area contributed by atoms with Crippen molar-refractivity contribution in [2.75, 3.05) is 6.54 Å². The number of benzene rings is 1. The van der Waals surface area contributed by atoms with E-state index in [1.807, 2.05) is 25.1 Å². The van der Waals surface area contributed by atoms with Gasteiger partial charge in [-0.1, -0.05) is 30.3 Å². The van der Waals surface area contributed by atoms with E-state index in [1.165, 1.54) is 5.56 Å². The fourth-order valence-corrected chi connectivity index (χ4v) is 2.00. The second-order valence-electron chi connectivity index (χ2n) is 4.00. The van der Waals surface area contributed by atoms with Crippen molar-refractivity contribution in [2.45, 2.75) is 32.1 Å². The molecular formula is C12H16FN. The largest absolute Gasteiger partial charge is 0.293 e. The van der Waals surface area contributed by atoms with Gasteiger partial charge >= 0.3 is 0 Å². The van der Waals surface area contributed by atoms with Gasteiger partial charge in [0.1, 0.15) is 6.17 Å². The highest BCUT2D eigenvalue weighted by Crippen LogP contribution is 2.22. The van der Waals surface area contributed by atoms with Crippen LogP contribution in [-0.4, -0.2) is 23.7 Å². The minimum atomic E-state index is -0.640. The maximum atomic E-state index is 13.2. The predicted molar refractivity (Wildman–Crippen MR) is 55.8 cm³/mol. The molecule has 2 atom stereocenters. The molecule has 0 amide bonds. The number of likely N-dealkylation sites (tertiary alicyclic amines) is 1. The first-order valence-corrected chi connectivity index (χ1v) is 5.19. The van der Waals surface area contributed by atoms with Crippen LogP contribution in [0.5, 0.6) is 0 Å². The van der Waals surface area contributed by atoms with Gasteiger partial charge in [0, 0.05) is 19.1 Å². The second kappa shape index (κ2) is 4.09. The van der Waals surface area contributed by atoms with Crippen molar-refractivity contribution in [3.8, 4) is 0 Å². The Morgan fingerprint density at radius 2 is 2.07 bits per heavy atom. The zero-order chi connectivity index (χ0) is 9.97. The Kier molecular flexibility index (Phi) is 2.82. The third-order valence-corrected chi connectivity index (χ3v) is 3.02. The highest BCUT2D eigenvalue weighted by molar-refractivity contribution is 5.14. The summed E-state index contributed by atoms with van der Waals surface area (Å²) in [5.74, 6) is 0. The van der Waals surface area contributed by atoms with Gasteiger partial charge in [0.05, 0.1) is 0 Å². The number of rotatable bonds is 2. The lowest BCUT2D eigenvalue weighted by Crippen LogP contribution is -2.30. The molecule has 1 aliphatic heterocycles. The molecule has 0 N–H and O–H groups in total. The van der Waals surface area contributed by atoms with E-state index >= 15 is 0 Å². The minimum Gasteiger partial charge on any atom is -0.293 e. The molecule has 0 bridgehead atoms. The summed E-state index contributed by atoms with van der Waals surface area (Å²) < 4.78 is 13.2. The Bertz CT molecular complexity index is 286. The highest BCUT2D eigenvalue weighted by atomic mass is 19.1. The molecule has 1 fully saturated rings. The molecule has 0 spiro atoms. The number of hydrogen-bond donors (Lipinski definition) is 0. The second-order valence-corrected chi connectivity index (χ2v) is 4.00. The van der Waals surface area contributed by atoms with Crippen LogP contribution in [0.25, 0.3) is 0 Å². The van der Waals surface area contributed by atoms with Crippen molar-refractivity contribution in [2.24, 2.45) is 0 Å². The van der Waals surface area contributed by atoms with Crippen LogP contribution in [0.1, 0.15) is 18.9 Å². The van der Waals surface area contributed by atoms with Gasteiger partial charge in [0.25, 0.3) is 0 Å². The zero-order valence-corrected chi connectivity index (χ0v) is 8.49. The van der Waals surface area contributed by atoms with Gasteiger partial charge in [0.15, 0.2) is 0 Å². The van der Waals surface area contributed by atoms with Gasteiger partial charge in [0.2, 0.25) is 0 Å². The maximum absolute atomic E-state index is 13.2. The van der Waals surface area contributed by atoms with E-state index in [4.69, 9.17) is 0 Å². The molecule has 1 aromatic rings. The summed E-state index contributed by atoms with van der Waals surface area (Å²) in [4.78, 5) is 2.21. The number of alkyl halides is 1. The molecule has 2 rings (SSSR count). The average Bonchev–Trinajstić information content (AvgIpc) is 2.52. The standard InChI is InChI=1S/C12H16FN/c1-10-12(13)7-8-14(10)9-11-5-3-2-4-6-11/h2-6,10,12H,7-9H2,1H3/t10-,12-/m0/s1. The van der Waals surface area contributed by atoms with E-state index in [0.717, 1.165) is 13.1 Å². The lowest BCUT2D eigenvalue weighted by molar-refractivity contribution is 0.202. The molecule has 2 heteroatoms. The van der Waals surface area contributed by atoms with Gasteiger partial charge in [-0.15, -0.1) is 0 Å². The molecule has 1 nitrogen and oxygen atoms in total. The molecule has 1 saturated heterocycles. The van der Waals surface area contributed by atoms with E-state index in [0.29, 0.717) is 6.42 Å². The van der Waals surface area contributed by atoms with Crippen LogP contribution in [0, 0.1) is 0 Å². The molecule has 0 aliphatic carbocycles. The molecular weight excluding hydrogens is 177 g/mol. The molecule has 76 valence electrons. The summed E-state index contributed by atoms with van der Waals surface area (Å²) in [5, 5.41) is 0. The molecule has 0 saturated carbocycles. The Hall–Kier alpha value is -0.890. The maximum Gasteiger partial charge on any atom is 0.117 e. The quantitative estimate of drug-likeness (QED) is 0.698. The Balaban J connectivity index is 1.99. The summed E-state index contributed by atoms with van der Waals surface area (Å²) in [7, 11) is 0. The summed E-state index contributed by atoms with van der Waals surface area (Å²) in [6, 6.07) is 10.3. The molecule has 1 aromatic carbocycles. The van der Waals surface area contributed by atoms with E-state index in [9.17, 15) is 4.39 Å². The molecule has 0 radical (unpaired) electrons. The number of halogens is 1. The van der Waals surface area contributed by atoms with E-state index in [1.54, 1.807) is 0 Å². The number of hydrogen-bond acceptors (Lipinski definition) is 1. The van der Waals surface area contributed by atoms with Crippen LogP contribution < -0.4 is 0 Å². The third kappa shape index (κ3) is 1.95. The van der Waals surface area contributed by atoms with Crippen molar-refractivity contribution in [1.82, 2.24) is 4.90 Å². The molecule has 14 heavy (non-hydrogen) atoms. The fourth-order valence-electron chi connectivity index (χ4n) is 2.00. The van der Waals surface area contributed by atoms with E-state index in [-0.39, 0.29) is 6.04 Å². The van der Waals surface area contributed by atoms with Crippen molar-refractivity contribution < 1.29 is 4.39 Å². The zero-order valence-electron chi connectivity index (χ0n) is 8.49. The Morgan fingerprint density at radius 1 is 1.36 bits per heavy atom. The van der Waals surface area contributed by atoms with Crippen LogP contribution in [0.15, 0.2) is 30.3 Å². The smallest absolute Gasteiger partial charge is 0.117 e. The lowest BCUT2D eigenvalue weighted by Gasteiger charge is -2.21. The highest BCUT2D eigenvalue weighted by Gasteiger charge is 2.29. The topological polar surface area (TPSA) is 3.24 Å². The van der Waals surface area contributed by atoms with Crippen LogP contribution in [-0.2, 0) is 6.54 Å². The lowest BCUT2D eigenvalue weighted by atomic mass is 10.2. The van der Waals surface area contributed by atoms with Gasteiger partial charge in [-0.25, -0.2) is 4.39 Å². The van der Waals surface area contributed by atoms with Gasteiger partial charge < -0.3 is 0 Å². The first-order valence-electron chi connectivity index (χ1n) is 5.19. The SMILES string of the molecule is C[C@H]1[C@@H](F)CCN1Cc1ccccc1. The summed E-state index contributed by atoms with van der Waals surface area (Å²) in [6.07, 6.45) is 0.0484. The molecule has 1 aliphatic rings. The van der Waals surface area contributed by atoms with Crippen LogP contribution in [0.2, 0.25) is 0 Å². The minimum absolute atomic E-state index is 0.0789. The van der Waals surface area contributed by atoms with Crippen molar-refractivity contribution in [3.63, 3.8) is 0 Å². The average molecular weight is 193 g/mol. The fraction of sp³-hybridized carbons (Fsp3) is 0.500. The summed E-state index contributed by atoms with van der Waals surface area (Å²) in [5.41, 5.74) is 1.27. The summed E-state index contributed by atoms with van der Waals surface area (Å²) >= 11 is 0. The van der Waals surface area contributed by atoms with E-state index in [2.05, 4.69) is 17.0 Å². The van der Waals surface area contributed by atoms with Crippen LogP contribution >= 0.6 is 0 Å². The summed E-state index contributed by atoms with van der Waals surface area (Å²) in [6.45, 7) is 3.74. The van der Waals surface area contributed by atoms with Gasteiger partial charge in [-0.2, -0.15) is 0 Å². The Morgan fingerprint density at radius 3 is 2.64 bits per heavy atom. The third-order valence-electron chi connectivity index (χ3n) is 3.02. The van der Waals surface area contributed by atoms with Crippen LogP contribution in [0.3, 0.4) is 0 Å². The van der Waals surface area contributed by atoms with Crippen molar-refractivity contribution >= 4 is 0 Å². The normalized spacial score (nSPS) is 28.1. The van der Waals surface area contributed by atoms with Gasteiger partial charge in [-0.3, -0.25) is 4.90 Å². The first-order chi connectivity index (χ1) is 6.77. The van der Waals surface area contributed by atoms with Crippen LogP contribution in [0.4, 0.5) is 4.39 Å². The van der Waals surface area contributed by atoms with Crippen molar-refractivity contribution in [1.29, 1.82) is 0 Å². The molecule has 0 unspecified atom stereocenters. The number of nitrogens with zero attached hydrogens (tertiary/aromatic N) is 1. The Labute approximate surface area is 84.5 Å². The van der Waals surface area contributed by atoms with E-state index < -0.39 is 6.17 Å². The molecule has 1 heterocycles. The van der Waals surface area contributed by atoms with Gasteiger partial charge in [-0.05, 0) is 18.9 Å².